The van der Waals surface area contributed by atoms with Gasteiger partial charge in [-0.3, -0.25) is 0 Å². The number of nitrogens with zero attached hydrogens (tertiary/aromatic N) is 3. The zero-order valence-electron chi connectivity index (χ0n) is 15.2. The fourth-order valence-electron chi connectivity index (χ4n) is 3.91. The van der Waals surface area contributed by atoms with Crippen LogP contribution in [0.4, 0.5) is 0 Å². The van der Waals surface area contributed by atoms with Crippen LogP contribution in [0.2, 0.25) is 0 Å². The van der Waals surface area contributed by atoms with Crippen molar-refractivity contribution < 1.29 is 0 Å². The van der Waals surface area contributed by atoms with Gasteiger partial charge in [-0.05, 0) is 42.0 Å². The van der Waals surface area contributed by atoms with E-state index in [2.05, 4.69) is 66.6 Å². The van der Waals surface area contributed by atoms with Crippen molar-refractivity contribution >= 4 is 41.5 Å². The van der Waals surface area contributed by atoms with E-state index in [1.807, 2.05) is 17.1 Å². The van der Waals surface area contributed by atoms with Crippen LogP contribution in [0.1, 0.15) is 17.2 Å². The minimum absolute atomic E-state index is 0. The Morgan fingerprint density at radius 2 is 1.74 bits per heavy atom. The Morgan fingerprint density at radius 1 is 1.11 bits per heavy atom. The Balaban J connectivity index is 0.00000210. The first-order valence-corrected chi connectivity index (χ1v) is 9.21. The molecule has 2 aromatic rings. The molecule has 4 nitrogen and oxygen atoms in total. The van der Waals surface area contributed by atoms with Crippen molar-refractivity contribution in [2.24, 2.45) is 16.8 Å². The molecule has 0 bridgehead atoms. The Morgan fingerprint density at radius 3 is 2.37 bits per heavy atom. The lowest BCUT2D eigenvalue weighted by Gasteiger charge is -2.34. The van der Waals surface area contributed by atoms with Gasteiger partial charge in [-0.1, -0.05) is 60.7 Å². The van der Waals surface area contributed by atoms with Crippen LogP contribution in [0.3, 0.4) is 0 Å². The van der Waals surface area contributed by atoms with Gasteiger partial charge in [0.05, 0.1) is 11.8 Å². The molecule has 1 fully saturated rings. The molecule has 4 rings (SSSR count). The highest BCUT2D eigenvalue weighted by atomic mass is 35.5. The molecule has 2 aliphatic rings. The number of rotatable bonds is 2. The number of benzene rings is 2. The van der Waals surface area contributed by atoms with Crippen molar-refractivity contribution in [2.75, 3.05) is 20.1 Å². The molecule has 0 amide bonds. The van der Waals surface area contributed by atoms with Gasteiger partial charge in [0.15, 0.2) is 5.11 Å². The Kier molecular flexibility index (Phi) is 5.95. The zero-order valence-corrected chi connectivity index (χ0v) is 16.8. The summed E-state index contributed by atoms with van der Waals surface area (Å²) in [6, 6.07) is 20.8. The third-order valence-electron chi connectivity index (χ3n) is 5.00. The van der Waals surface area contributed by atoms with Crippen LogP contribution in [-0.2, 0) is 0 Å². The number of likely N-dealkylation sites (tertiary alicyclic amines) is 1. The van der Waals surface area contributed by atoms with Crippen LogP contribution in [0, 0.1) is 5.92 Å². The predicted molar refractivity (Wildman–Crippen MR) is 118 cm³/mol. The second-order valence-corrected chi connectivity index (χ2v) is 7.33. The number of halogens is 1. The monoisotopic (exact) mass is 398 g/mol. The molecule has 0 unspecified atom stereocenters. The molecule has 0 spiro atoms. The van der Waals surface area contributed by atoms with Gasteiger partial charge in [0.25, 0.3) is 0 Å². The van der Waals surface area contributed by atoms with E-state index in [0.717, 1.165) is 18.8 Å². The number of thiocarbonyl (C=S) groups is 1. The van der Waals surface area contributed by atoms with Crippen molar-refractivity contribution in [3.63, 3.8) is 0 Å². The van der Waals surface area contributed by atoms with Crippen LogP contribution >= 0.6 is 24.6 Å². The predicted octanol–water partition coefficient (Wildman–Crippen LogP) is 3.71. The summed E-state index contributed by atoms with van der Waals surface area (Å²) in [6.45, 7) is 1.81. The molecule has 2 N–H and O–H groups in total. The van der Waals surface area contributed by atoms with E-state index < -0.39 is 0 Å². The Bertz CT molecular complexity index is 866. The van der Waals surface area contributed by atoms with Crippen molar-refractivity contribution in [3.8, 4) is 0 Å². The zero-order chi connectivity index (χ0) is 18.1. The first-order chi connectivity index (χ1) is 12.6. The topological polar surface area (TPSA) is 44.9 Å². The number of piperidine rings is 1. The second kappa shape index (κ2) is 8.21. The molecule has 27 heavy (non-hydrogen) atoms. The minimum Gasteiger partial charge on any atom is -0.375 e. The summed E-state index contributed by atoms with van der Waals surface area (Å²) >= 11 is 5.32. The molecule has 140 valence electrons. The highest BCUT2D eigenvalue weighted by Crippen LogP contribution is 2.40. The first-order valence-electron chi connectivity index (χ1n) is 8.80. The molecule has 2 aromatic carbocycles. The standard InChI is InChI=1S/C21H22N4S.ClH/c1-24-13-17(12-15-8-4-2-5-9-15)19-18(14-24)20(25(23-19)21(22)26)16-10-6-3-7-11-16;/h2-12,18,20H,13-14H2,1H3,(H2,22,26);1H/b17-12+;/t18-,20-;/m1./s1. The average Bonchev–Trinajstić information content (AvgIpc) is 3.03. The normalized spacial score (nSPS) is 23.5. The van der Waals surface area contributed by atoms with Gasteiger partial charge >= 0.3 is 0 Å². The number of nitrogens with two attached hydrogens (primary N) is 1. The summed E-state index contributed by atoms with van der Waals surface area (Å²) in [5.74, 6) is 0.243. The number of fused-ring (bicyclic) bond motifs is 1. The van der Waals surface area contributed by atoms with Gasteiger partial charge in [-0.2, -0.15) is 5.10 Å². The van der Waals surface area contributed by atoms with Crippen molar-refractivity contribution in [1.29, 1.82) is 0 Å². The highest BCUT2D eigenvalue weighted by Gasteiger charge is 2.43. The van der Waals surface area contributed by atoms with Crippen LogP contribution in [0.25, 0.3) is 6.08 Å². The van der Waals surface area contributed by atoms with Gasteiger partial charge < -0.3 is 10.6 Å². The van der Waals surface area contributed by atoms with E-state index in [4.69, 9.17) is 23.1 Å². The summed E-state index contributed by atoms with van der Waals surface area (Å²) in [4.78, 5) is 2.34. The summed E-state index contributed by atoms with van der Waals surface area (Å²) in [5.41, 5.74) is 10.7. The lowest BCUT2D eigenvalue weighted by Crippen LogP contribution is -2.42. The smallest absolute Gasteiger partial charge is 0.187 e. The molecule has 1 saturated heterocycles. The number of hydrogen-bond acceptors (Lipinski definition) is 3. The summed E-state index contributed by atoms with van der Waals surface area (Å²) < 4.78 is 0. The van der Waals surface area contributed by atoms with Crippen LogP contribution in [0.15, 0.2) is 71.3 Å². The second-order valence-electron chi connectivity index (χ2n) is 6.91. The van der Waals surface area contributed by atoms with Crippen LogP contribution in [-0.4, -0.2) is 40.9 Å². The lowest BCUT2D eigenvalue weighted by molar-refractivity contribution is 0.249. The fraction of sp³-hybridized carbons (Fsp3) is 0.238. The van der Waals surface area contributed by atoms with E-state index in [9.17, 15) is 0 Å². The molecule has 2 atom stereocenters. The molecule has 0 radical (unpaired) electrons. The molecular formula is C21H23ClN4S. The summed E-state index contributed by atoms with van der Waals surface area (Å²) in [7, 11) is 2.15. The fourth-order valence-corrected chi connectivity index (χ4v) is 4.07. The molecular weight excluding hydrogens is 376 g/mol. The SMILES string of the molecule is CN1C/C(=C\c2ccccc2)C2=NN(C(N)=S)[C@H](c3ccccc3)[C@@H]2C1.Cl. The Labute approximate surface area is 171 Å². The van der Waals surface area contributed by atoms with E-state index in [-0.39, 0.29) is 24.4 Å². The third-order valence-corrected chi connectivity index (χ3v) is 5.18. The van der Waals surface area contributed by atoms with Crippen LogP contribution < -0.4 is 5.73 Å². The molecule has 2 heterocycles. The average molecular weight is 399 g/mol. The van der Waals surface area contributed by atoms with Crippen molar-refractivity contribution in [1.82, 2.24) is 9.91 Å². The van der Waals surface area contributed by atoms with Gasteiger partial charge in [0, 0.05) is 19.0 Å². The molecule has 2 aliphatic heterocycles. The van der Waals surface area contributed by atoms with Crippen LogP contribution in [0.5, 0.6) is 0 Å². The lowest BCUT2D eigenvalue weighted by atomic mass is 9.83. The summed E-state index contributed by atoms with van der Waals surface area (Å²) in [6.07, 6.45) is 2.23. The van der Waals surface area contributed by atoms with Crippen molar-refractivity contribution in [2.45, 2.75) is 6.04 Å². The van der Waals surface area contributed by atoms with E-state index in [0.29, 0.717) is 5.11 Å². The van der Waals surface area contributed by atoms with Gasteiger partial charge in [0.2, 0.25) is 0 Å². The third kappa shape index (κ3) is 3.90. The van der Waals surface area contributed by atoms with Gasteiger partial charge in [-0.15, -0.1) is 12.4 Å². The van der Waals surface area contributed by atoms with E-state index >= 15 is 0 Å². The number of hydrazone groups is 1. The molecule has 6 heteroatoms. The first kappa shape index (κ1) is 19.5. The van der Waals surface area contributed by atoms with Crippen molar-refractivity contribution in [3.05, 3.63) is 77.4 Å². The number of hydrogen-bond donors (Lipinski definition) is 1. The maximum Gasteiger partial charge on any atom is 0.187 e. The maximum atomic E-state index is 6.03. The van der Waals surface area contributed by atoms with Gasteiger partial charge in [0.1, 0.15) is 0 Å². The van der Waals surface area contributed by atoms with E-state index in [1.165, 1.54) is 16.7 Å². The quantitative estimate of drug-likeness (QED) is 0.783. The van der Waals surface area contributed by atoms with Gasteiger partial charge in [-0.25, -0.2) is 5.01 Å². The maximum absolute atomic E-state index is 6.03. The molecule has 0 saturated carbocycles. The minimum atomic E-state index is 0. The largest absolute Gasteiger partial charge is 0.375 e. The van der Waals surface area contributed by atoms with E-state index in [1.54, 1.807) is 0 Å². The summed E-state index contributed by atoms with van der Waals surface area (Å²) in [5, 5.41) is 7.01. The highest BCUT2D eigenvalue weighted by molar-refractivity contribution is 7.80. The molecule has 0 aromatic heterocycles. The Hall–Kier alpha value is -2.21. The number of likely N-dealkylation sites (N-methyl/N-ethyl adjacent to an activating group) is 1. The molecule has 0 aliphatic carbocycles.